The molecule has 1 N–H and O–H groups in total. The molecule has 0 heterocycles. The van der Waals surface area contributed by atoms with Crippen molar-refractivity contribution in [2.75, 3.05) is 13.2 Å². The van der Waals surface area contributed by atoms with Crippen molar-refractivity contribution in [3.8, 4) is 5.75 Å². The minimum absolute atomic E-state index is 0.0557. The van der Waals surface area contributed by atoms with E-state index < -0.39 is 0 Å². The Bertz CT molecular complexity index is 422. The predicted octanol–water partition coefficient (Wildman–Crippen LogP) is 3.92. The number of hydrogen-bond acceptors (Lipinski definition) is 3. The zero-order valence-electron chi connectivity index (χ0n) is 11.9. The summed E-state index contributed by atoms with van der Waals surface area (Å²) in [4.78, 5) is 0. The number of nitrogens with one attached hydrogen (secondary N) is 1. The van der Waals surface area contributed by atoms with Crippen molar-refractivity contribution in [3.63, 3.8) is 0 Å². The summed E-state index contributed by atoms with van der Waals surface area (Å²) in [5, 5.41) is 4.59. The van der Waals surface area contributed by atoms with Gasteiger partial charge in [-0.15, -0.1) is 0 Å². The van der Waals surface area contributed by atoms with Crippen molar-refractivity contribution >= 4 is 23.2 Å². The molecule has 1 aromatic rings. The summed E-state index contributed by atoms with van der Waals surface area (Å²) >= 11 is 12.0. The van der Waals surface area contributed by atoms with E-state index in [2.05, 4.69) is 19.2 Å². The first-order valence-corrected chi connectivity index (χ1v) is 7.87. The highest BCUT2D eigenvalue weighted by molar-refractivity contribution is 6.34. The average molecular weight is 318 g/mol. The fourth-order valence-electron chi connectivity index (χ4n) is 2.41. The van der Waals surface area contributed by atoms with Gasteiger partial charge in [-0.05, 0) is 31.2 Å². The average Bonchev–Trinajstić information content (AvgIpc) is 2.36. The molecule has 0 amide bonds. The predicted molar refractivity (Wildman–Crippen MR) is 83.0 cm³/mol. The van der Waals surface area contributed by atoms with Crippen LogP contribution in [-0.4, -0.2) is 31.4 Å². The molecular formula is C15H21Cl2NO2. The van der Waals surface area contributed by atoms with Gasteiger partial charge in [0.15, 0.2) is 0 Å². The van der Waals surface area contributed by atoms with Crippen LogP contribution in [0.2, 0.25) is 10.0 Å². The Morgan fingerprint density at radius 2 is 1.90 bits per heavy atom. The molecule has 0 aliphatic heterocycles. The largest absolute Gasteiger partial charge is 0.487 e. The molecule has 0 spiro atoms. The molecule has 3 atom stereocenters. The quantitative estimate of drug-likeness (QED) is 0.826. The number of benzene rings is 1. The van der Waals surface area contributed by atoms with Crippen molar-refractivity contribution in [2.24, 2.45) is 0 Å². The van der Waals surface area contributed by atoms with E-state index in [9.17, 15) is 0 Å². The first kappa shape index (κ1) is 15.9. The lowest BCUT2D eigenvalue weighted by atomic mass is 9.85. The van der Waals surface area contributed by atoms with Crippen LogP contribution >= 0.6 is 23.2 Å². The van der Waals surface area contributed by atoms with Crippen LogP contribution in [0, 0.1) is 0 Å². The Balaban J connectivity index is 1.97. The lowest BCUT2D eigenvalue weighted by Crippen LogP contribution is -2.61. The summed E-state index contributed by atoms with van der Waals surface area (Å²) in [6, 6.07) is 5.63. The Morgan fingerprint density at radius 3 is 2.50 bits per heavy atom. The summed E-state index contributed by atoms with van der Waals surface area (Å²) in [6.45, 7) is 5.89. The van der Waals surface area contributed by atoms with Crippen LogP contribution in [0.25, 0.3) is 0 Å². The van der Waals surface area contributed by atoms with Crippen LogP contribution < -0.4 is 10.1 Å². The normalized spacial score (nSPS) is 25.3. The molecule has 3 nitrogen and oxygen atoms in total. The molecule has 0 saturated heterocycles. The molecule has 0 bridgehead atoms. The van der Waals surface area contributed by atoms with Crippen LogP contribution in [0.4, 0.5) is 0 Å². The van der Waals surface area contributed by atoms with Gasteiger partial charge in [-0.1, -0.05) is 37.0 Å². The first-order chi connectivity index (χ1) is 9.63. The van der Waals surface area contributed by atoms with Crippen LogP contribution in [0.1, 0.15) is 26.7 Å². The second-order valence-corrected chi connectivity index (χ2v) is 5.87. The number of rotatable bonds is 7. The van der Waals surface area contributed by atoms with E-state index in [1.165, 1.54) is 0 Å². The van der Waals surface area contributed by atoms with Gasteiger partial charge in [-0.3, -0.25) is 0 Å². The zero-order valence-corrected chi connectivity index (χ0v) is 13.4. The first-order valence-electron chi connectivity index (χ1n) is 7.11. The minimum Gasteiger partial charge on any atom is -0.487 e. The zero-order chi connectivity index (χ0) is 14.5. The van der Waals surface area contributed by atoms with Crippen molar-refractivity contribution in [3.05, 3.63) is 28.2 Å². The number of halogens is 2. The molecular weight excluding hydrogens is 297 g/mol. The van der Waals surface area contributed by atoms with Crippen LogP contribution in [0.3, 0.4) is 0 Å². The van der Waals surface area contributed by atoms with E-state index in [0.717, 1.165) is 26.0 Å². The standard InChI is InChI=1S/C15H21Cl2NO2/c1-3-5-19-15-13(18-4-2)9-14(15)20-12-7-10(16)6-11(17)8-12/h6-8,13-15,18H,3-5,9H2,1-2H3. The summed E-state index contributed by atoms with van der Waals surface area (Å²) < 4.78 is 11.8. The van der Waals surface area contributed by atoms with E-state index in [-0.39, 0.29) is 12.2 Å². The Kier molecular flexibility index (Phi) is 5.97. The van der Waals surface area contributed by atoms with E-state index in [1.54, 1.807) is 18.2 Å². The van der Waals surface area contributed by atoms with Gasteiger partial charge in [0.2, 0.25) is 0 Å². The molecule has 1 aromatic carbocycles. The Labute approximate surface area is 130 Å². The van der Waals surface area contributed by atoms with Gasteiger partial charge in [-0.25, -0.2) is 0 Å². The number of likely N-dealkylation sites (N-methyl/N-ethyl adjacent to an activating group) is 1. The molecule has 1 aliphatic carbocycles. The second-order valence-electron chi connectivity index (χ2n) is 5.00. The number of ether oxygens (including phenoxy) is 2. The van der Waals surface area contributed by atoms with E-state index >= 15 is 0 Å². The third-order valence-corrected chi connectivity index (χ3v) is 3.79. The van der Waals surface area contributed by atoms with Gasteiger partial charge < -0.3 is 14.8 Å². The number of hydrogen-bond donors (Lipinski definition) is 1. The molecule has 5 heteroatoms. The van der Waals surface area contributed by atoms with Crippen molar-refractivity contribution < 1.29 is 9.47 Å². The highest BCUT2D eigenvalue weighted by Crippen LogP contribution is 2.32. The fourth-order valence-corrected chi connectivity index (χ4v) is 2.91. The van der Waals surface area contributed by atoms with E-state index in [4.69, 9.17) is 32.7 Å². The minimum atomic E-state index is 0.0557. The SMILES string of the molecule is CCCOC1C(NCC)CC1Oc1cc(Cl)cc(Cl)c1. The maximum absolute atomic E-state index is 5.99. The maximum atomic E-state index is 5.99. The van der Waals surface area contributed by atoms with Crippen molar-refractivity contribution in [2.45, 2.75) is 44.9 Å². The lowest BCUT2D eigenvalue weighted by molar-refractivity contribution is -0.107. The highest BCUT2D eigenvalue weighted by Gasteiger charge is 2.43. The van der Waals surface area contributed by atoms with Gasteiger partial charge in [0.25, 0.3) is 0 Å². The van der Waals surface area contributed by atoms with Gasteiger partial charge in [0.05, 0.1) is 0 Å². The van der Waals surface area contributed by atoms with Crippen molar-refractivity contribution in [1.29, 1.82) is 0 Å². The van der Waals surface area contributed by atoms with E-state index in [0.29, 0.717) is 21.8 Å². The molecule has 1 aliphatic rings. The molecule has 112 valence electrons. The van der Waals surface area contributed by atoms with Crippen LogP contribution in [-0.2, 0) is 4.74 Å². The monoisotopic (exact) mass is 317 g/mol. The summed E-state index contributed by atoms with van der Waals surface area (Å²) in [7, 11) is 0. The van der Waals surface area contributed by atoms with Crippen LogP contribution in [0.15, 0.2) is 18.2 Å². The van der Waals surface area contributed by atoms with E-state index in [1.807, 2.05) is 0 Å². The molecule has 1 fully saturated rings. The Morgan fingerprint density at radius 1 is 1.20 bits per heavy atom. The van der Waals surface area contributed by atoms with Gasteiger partial charge in [-0.2, -0.15) is 0 Å². The molecule has 0 aromatic heterocycles. The lowest BCUT2D eigenvalue weighted by Gasteiger charge is -2.44. The van der Waals surface area contributed by atoms with Gasteiger partial charge >= 0.3 is 0 Å². The van der Waals surface area contributed by atoms with Gasteiger partial charge in [0, 0.05) is 29.1 Å². The summed E-state index contributed by atoms with van der Waals surface area (Å²) in [5.74, 6) is 0.701. The van der Waals surface area contributed by atoms with Gasteiger partial charge in [0.1, 0.15) is 18.0 Å². The smallest absolute Gasteiger partial charge is 0.128 e. The summed E-state index contributed by atoms with van der Waals surface area (Å²) in [5.41, 5.74) is 0. The molecule has 2 rings (SSSR count). The highest BCUT2D eigenvalue weighted by atomic mass is 35.5. The fraction of sp³-hybridized carbons (Fsp3) is 0.600. The molecule has 1 saturated carbocycles. The third kappa shape index (κ3) is 4.01. The third-order valence-electron chi connectivity index (χ3n) is 3.35. The molecule has 3 unspecified atom stereocenters. The Hall–Kier alpha value is -0.480. The topological polar surface area (TPSA) is 30.5 Å². The maximum Gasteiger partial charge on any atom is 0.128 e. The molecule has 20 heavy (non-hydrogen) atoms. The second kappa shape index (κ2) is 7.51. The van der Waals surface area contributed by atoms with Crippen molar-refractivity contribution in [1.82, 2.24) is 5.32 Å². The molecule has 0 radical (unpaired) electrons. The summed E-state index contributed by atoms with van der Waals surface area (Å²) in [6.07, 6.45) is 2.09. The van der Waals surface area contributed by atoms with Crippen LogP contribution in [0.5, 0.6) is 5.75 Å².